The molecule has 0 spiro atoms. The molecule has 6 heteroatoms. The summed E-state index contributed by atoms with van der Waals surface area (Å²) in [5, 5.41) is 11.1. The number of amides is 1. The summed E-state index contributed by atoms with van der Waals surface area (Å²) in [6.45, 7) is 9.39. The summed E-state index contributed by atoms with van der Waals surface area (Å²) in [4.78, 5) is 26.4. The summed E-state index contributed by atoms with van der Waals surface area (Å²) in [5.41, 5.74) is -0.176. The maximum Gasteiger partial charge on any atom is 0.347 e. The molecule has 1 unspecified atom stereocenters. The van der Waals surface area contributed by atoms with Crippen molar-refractivity contribution in [3.63, 3.8) is 0 Å². The topological polar surface area (TPSA) is 111 Å². The van der Waals surface area contributed by atoms with Crippen LogP contribution in [0.15, 0.2) is 12.2 Å². The minimum Gasteiger partial charge on any atom is -0.352 e. The van der Waals surface area contributed by atoms with Crippen LogP contribution in [0.25, 0.3) is 0 Å². The second-order valence-corrected chi connectivity index (χ2v) is 4.79. The van der Waals surface area contributed by atoms with E-state index in [4.69, 9.17) is 5.26 Å². The van der Waals surface area contributed by atoms with E-state index in [1.165, 1.54) is 0 Å². The fourth-order valence-electron chi connectivity index (χ4n) is 1.53. The highest BCUT2D eigenvalue weighted by Crippen LogP contribution is 2.29. The molecule has 0 saturated carbocycles. The van der Waals surface area contributed by atoms with Crippen molar-refractivity contribution >= 4 is 11.9 Å². The maximum absolute atomic E-state index is 11.4. The van der Waals surface area contributed by atoms with E-state index in [0.29, 0.717) is 25.0 Å². The van der Waals surface area contributed by atoms with Gasteiger partial charge in [0.15, 0.2) is 0 Å². The predicted octanol–water partition coefficient (Wildman–Crippen LogP) is 2.44. The van der Waals surface area contributed by atoms with E-state index < -0.39 is 11.4 Å². The van der Waals surface area contributed by atoms with Crippen molar-refractivity contribution in [1.29, 1.82) is 0 Å². The molecule has 0 saturated heterocycles. The second kappa shape index (κ2) is 9.52. The van der Waals surface area contributed by atoms with E-state index in [2.05, 4.69) is 16.8 Å². The molecule has 0 radical (unpaired) electrons. The highest BCUT2D eigenvalue weighted by Gasteiger charge is 2.32. The van der Waals surface area contributed by atoms with E-state index in [1.54, 1.807) is 13.8 Å². The Hall–Kier alpha value is -1.40. The van der Waals surface area contributed by atoms with Gasteiger partial charge in [-0.2, -0.15) is 5.26 Å². The van der Waals surface area contributed by atoms with Crippen LogP contribution in [0.3, 0.4) is 0 Å². The number of rotatable bonds is 8. The van der Waals surface area contributed by atoms with E-state index in [1.807, 2.05) is 6.92 Å². The first-order chi connectivity index (χ1) is 8.37. The Morgan fingerprint density at radius 3 is 2.37 bits per heavy atom. The molecule has 5 N–H and O–H groups in total. The molecule has 0 aromatic carbocycles. The highest BCUT2D eigenvalue weighted by molar-refractivity contribution is 5.91. The summed E-state index contributed by atoms with van der Waals surface area (Å²) >= 11 is 0. The molecule has 0 aliphatic heterocycles. The lowest BCUT2D eigenvalue weighted by atomic mass is 9.82. The van der Waals surface area contributed by atoms with Gasteiger partial charge in [-0.05, 0) is 33.1 Å². The SMILES string of the molecule is C=C(C)C(=O)NCCCCC(C)(CC)C(=O)OO.N. The molecule has 1 amide bonds. The van der Waals surface area contributed by atoms with Gasteiger partial charge in [-0.3, -0.25) is 4.79 Å². The molecule has 19 heavy (non-hydrogen) atoms. The lowest BCUT2D eigenvalue weighted by Gasteiger charge is -2.23. The van der Waals surface area contributed by atoms with Crippen LogP contribution < -0.4 is 11.5 Å². The molecule has 0 aliphatic carbocycles. The summed E-state index contributed by atoms with van der Waals surface area (Å²) < 4.78 is 0. The molecule has 0 aromatic heterocycles. The summed E-state index contributed by atoms with van der Waals surface area (Å²) in [7, 11) is 0. The number of hydrogen-bond donors (Lipinski definition) is 3. The molecule has 0 heterocycles. The van der Waals surface area contributed by atoms with Gasteiger partial charge in [0, 0.05) is 12.1 Å². The quantitative estimate of drug-likeness (QED) is 0.272. The first kappa shape index (κ1) is 19.9. The van der Waals surface area contributed by atoms with Crippen molar-refractivity contribution in [2.45, 2.75) is 46.5 Å². The van der Waals surface area contributed by atoms with Crippen LogP contribution in [0.5, 0.6) is 0 Å². The Kier molecular flexibility index (Phi) is 9.99. The second-order valence-electron chi connectivity index (χ2n) is 4.79. The molecular weight excluding hydrogens is 248 g/mol. The zero-order chi connectivity index (χ0) is 14.2. The van der Waals surface area contributed by atoms with Gasteiger partial charge in [0.1, 0.15) is 0 Å². The van der Waals surface area contributed by atoms with Gasteiger partial charge in [-0.25, -0.2) is 4.79 Å². The van der Waals surface area contributed by atoms with Crippen molar-refractivity contribution in [3.8, 4) is 0 Å². The molecule has 0 aromatic rings. The minimum absolute atomic E-state index is 0. The number of hydrogen-bond acceptors (Lipinski definition) is 5. The van der Waals surface area contributed by atoms with Gasteiger partial charge < -0.3 is 16.4 Å². The lowest BCUT2D eigenvalue weighted by Crippen LogP contribution is -2.29. The predicted molar refractivity (Wildman–Crippen MR) is 73.8 cm³/mol. The van der Waals surface area contributed by atoms with Crippen LogP contribution in [-0.4, -0.2) is 23.7 Å². The van der Waals surface area contributed by atoms with Crippen molar-refractivity contribution in [1.82, 2.24) is 11.5 Å². The Balaban J connectivity index is 0. The van der Waals surface area contributed by atoms with Gasteiger partial charge in [-0.15, -0.1) is 0 Å². The molecular formula is C13H26N2O4. The molecule has 1 atom stereocenters. The molecule has 6 nitrogen and oxygen atoms in total. The van der Waals surface area contributed by atoms with Gasteiger partial charge in [0.05, 0.1) is 5.41 Å². The Morgan fingerprint density at radius 2 is 1.95 bits per heavy atom. The van der Waals surface area contributed by atoms with Crippen LogP contribution in [0, 0.1) is 5.41 Å². The Morgan fingerprint density at radius 1 is 1.37 bits per heavy atom. The average molecular weight is 274 g/mol. The van der Waals surface area contributed by atoms with Crippen LogP contribution in [-0.2, 0) is 14.5 Å². The van der Waals surface area contributed by atoms with Crippen LogP contribution in [0.1, 0.15) is 46.5 Å². The van der Waals surface area contributed by atoms with Crippen LogP contribution >= 0.6 is 0 Å². The average Bonchev–Trinajstić information content (AvgIpc) is 2.36. The third kappa shape index (κ3) is 6.93. The van der Waals surface area contributed by atoms with Gasteiger partial charge in [0.2, 0.25) is 5.91 Å². The number of carbonyl (C=O) groups excluding carboxylic acids is 2. The van der Waals surface area contributed by atoms with Gasteiger partial charge in [-0.1, -0.05) is 19.9 Å². The van der Waals surface area contributed by atoms with Crippen LogP contribution in [0.4, 0.5) is 0 Å². The van der Waals surface area contributed by atoms with Gasteiger partial charge >= 0.3 is 5.97 Å². The lowest BCUT2D eigenvalue weighted by molar-refractivity contribution is -0.245. The van der Waals surface area contributed by atoms with E-state index in [-0.39, 0.29) is 12.1 Å². The molecule has 0 rings (SSSR count). The fraction of sp³-hybridized carbons (Fsp3) is 0.692. The number of nitrogens with one attached hydrogen (secondary N) is 1. The van der Waals surface area contributed by atoms with Crippen molar-refractivity contribution in [2.75, 3.05) is 6.54 Å². The third-order valence-electron chi connectivity index (χ3n) is 3.18. The van der Waals surface area contributed by atoms with E-state index in [0.717, 1.165) is 12.8 Å². The molecule has 0 fully saturated rings. The summed E-state index contributed by atoms with van der Waals surface area (Å²) in [5.74, 6) is -0.751. The number of carbonyl (C=O) groups is 2. The van der Waals surface area contributed by atoms with E-state index in [9.17, 15) is 9.59 Å². The smallest absolute Gasteiger partial charge is 0.347 e. The zero-order valence-electron chi connectivity index (χ0n) is 12.1. The molecule has 0 bridgehead atoms. The largest absolute Gasteiger partial charge is 0.352 e. The van der Waals surface area contributed by atoms with E-state index >= 15 is 0 Å². The summed E-state index contributed by atoms with van der Waals surface area (Å²) in [6, 6.07) is 0. The highest BCUT2D eigenvalue weighted by atomic mass is 17.1. The maximum atomic E-state index is 11.4. The first-order valence-electron chi connectivity index (χ1n) is 6.17. The van der Waals surface area contributed by atoms with Crippen LogP contribution in [0.2, 0.25) is 0 Å². The monoisotopic (exact) mass is 274 g/mol. The van der Waals surface area contributed by atoms with Crippen molar-refractivity contribution in [2.24, 2.45) is 5.41 Å². The zero-order valence-corrected chi connectivity index (χ0v) is 12.1. The normalized spacial score (nSPS) is 12.8. The minimum atomic E-state index is -0.660. The standard InChI is InChI=1S/C13H23NO4.H3N/c1-5-13(4,12(16)18-17)8-6-7-9-14-11(15)10(2)3;/h17H,2,5-9H2,1,3-4H3,(H,14,15);1H3. The first-order valence-corrected chi connectivity index (χ1v) is 6.17. The van der Waals surface area contributed by atoms with Gasteiger partial charge in [0.25, 0.3) is 0 Å². The molecule has 0 aliphatic rings. The third-order valence-corrected chi connectivity index (χ3v) is 3.18. The molecule has 112 valence electrons. The van der Waals surface area contributed by atoms with Crippen molar-refractivity contribution in [3.05, 3.63) is 12.2 Å². The Labute approximate surface area is 114 Å². The number of unbranched alkanes of at least 4 members (excludes halogenated alkanes) is 1. The summed E-state index contributed by atoms with van der Waals surface area (Å²) in [6.07, 6.45) is 2.76. The Bertz CT molecular complexity index is 318. The fourth-order valence-corrected chi connectivity index (χ4v) is 1.53. The van der Waals surface area contributed by atoms with Crippen molar-refractivity contribution < 1.29 is 19.7 Å².